The molecule has 2 aromatic rings. The molecule has 0 atom stereocenters. The second kappa shape index (κ2) is 8.87. The maximum atomic E-state index is 12.3. The lowest BCUT2D eigenvalue weighted by molar-refractivity contribution is 0.0949. The highest BCUT2D eigenvalue weighted by atomic mass is 35.5. The summed E-state index contributed by atoms with van der Waals surface area (Å²) in [6.07, 6.45) is 1.55. The molecule has 1 N–H and O–H groups in total. The predicted molar refractivity (Wildman–Crippen MR) is 98.9 cm³/mol. The average Bonchev–Trinajstić information content (AvgIpc) is 2.57. The Balaban J connectivity index is 1.94. The third-order valence-corrected chi connectivity index (χ3v) is 4.70. The van der Waals surface area contributed by atoms with Crippen molar-refractivity contribution in [3.63, 3.8) is 0 Å². The number of carbonyl (C=O) groups is 1. The molecule has 0 saturated carbocycles. The largest absolute Gasteiger partial charge is 0.488 e. The first-order chi connectivity index (χ1) is 11.8. The van der Waals surface area contributed by atoms with E-state index < -0.39 is 9.84 Å². The first-order valence-corrected chi connectivity index (χ1v) is 10.2. The van der Waals surface area contributed by atoms with E-state index >= 15 is 0 Å². The van der Waals surface area contributed by atoms with E-state index in [9.17, 15) is 13.2 Å². The zero-order valence-electron chi connectivity index (χ0n) is 13.9. The molecule has 0 radical (unpaired) electrons. The highest BCUT2D eigenvalue weighted by Crippen LogP contribution is 2.20. The van der Waals surface area contributed by atoms with Gasteiger partial charge in [-0.25, -0.2) is 8.42 Å². The zero-order chi connectivity index (χ0) is 18.3. The first kappa shape index (κ1) is 19.3. The number of benzene rings is 2. The third kappa shape index (κ3) is 6.76. The van der Waals surface area contributed by atoms with Crippen LogP contribution >= 0.6 is 11.6 Å². The van der Waals surface area contributed by atoms with Crippen molar-refractivity contribution in [2.45, 2.75) is 13.0 Å². The molecule has 0 aliphatic carbocycles. The molecule has 0 saturated heterocycles. The van der Waals surface area contributed by atoms with Crippen molar-refractivity contribution in [2.24, 2.45) is 0 Å². The summed E-state index contributed by atoms with van der Waals surface area (Å²) in [6, 6.07) is 14.2. The van der Waals surface area contributed by atoms with Crippen molar-refractivity contribution in [1.82, 2.24) is 5.32 Å². The lowest BCUT2D eigenvalue weighted by atomic mass is 10.2. The molecule has 0 fully saturated rings. The number of hydrogen-bond donors (Lipinski definition) is 1. The normalized spacial score (nSPS) is 11.1. The SMILES string of the molecule is CS(=O)(=O)CCCNC(=O)c1ccccc1OCc1ccc(Cl)cc1. The number of halogens is 1. The number of hydrogen-bond acceptors (Lipinski definition) is 4. The van der Waals surface area contributed by atoms with Gasteiger partial charge in [0.15, 0.2) is 0 Å². The standard InChI is InChI=1S/C18H20ClNO4S/c1-25(22,23)12-4-11-20-18(21)16-5-2-3-6-17(16)24-13-14-7-9-15(19)10-8-14/h2-3,5-10H,4,11-13H2,1H3,(H,20,21). The molecule has 0 spiro atoms. The Hall–Kier alpha value is -2.05. The van der Waals surface area contributed by atoms with Crippen LogP contribution < -0.4 is 10.1 Å². The Bertz CT molecular complexity index is 819. The maximum absolute atomic E-state index is 12.3. The first-order valence-electron chi connectivity index (χ1n) is 7.77. The molecule has 2 rings (SSSR count). The van der Waals surface area contributed by atoms with Gasteiger partial charge in [0.05, 0.1) is 11.3 Å². The van der Waals surface area contributed by atoms with Crippen LogP contribution in [-0.2, 0) is 16.4 Å². The smallest absolute Gasteiger partial charge is 0.255 e. The van der Waals surface area contributed by atoms with Crippen LogP contribution in [0.4, 0.5) is 0 Å². The summed E-state index contributed by atoms with van der Waals surface area (Å²) in [5, 5.41) is 3.37. The number of rotatable bonds is 8. The van der Waals surface area contributed by atoms with Crippen LogP contribution in [0, 0.1) is 0 Å². The van der Waals surface area contributed by atoms with Crippen LogP contribution in [0.2, 0.25) is 5.02 Å². The van der Waals surface area contributed by atoms with Gasteiger partial charge in [0.25, 0.3) is 5.91 Å². The Morgan fingerprint density at radius 1 is 1.12 bits per heavy atom. The Labute approximate surface area is 152 Å². The molecule has 25 heavy (non-hydrogen) atoms. The molecule has 5 nitrogen and oxygen atoms in total. The highest BCUT2D eigenvalue weighted by molar-refractivity contribution is 7.90. The fourth-order valence-electron chi connectivity index (χ4n) is 2.15. The number of carbonyl (C=O) groups excluding carboxylic acids is 1. The summed E-state index contributed by atoms with van der Waals surface area (Å²) >= 11 is 5.85. The summed E-state index contributed by atoms with van der Waals surface area (Å²) in [4.78, 5) is 12.3. The van der Waals surface area contributed by atoms with Gasteiger partial charge in [0.2, 0.25) is 0 Å². The van der Waals surface area contributed by atoms with E-state index in [1.165, 1.54) is 6.26 Å². The van der Waals surface area contributed by atoms with Crippen molar-refractivity contribution in [3.8, 4) is 5.75 Å². The van der Waals surface area contributed by atoms with Gasteiger partial charge in [-0.05, 0) is 36.2 Å². The van der Waals surface area contributed by atoms with E-state index in [2.05, 4.69) is 5.32 Å². The van der Waals surface area contributed by atoms with Gasteiger partial charge in [-0.15, -0.1) is 0 Å². The monoisotopic (exact) mass is 381 g/mol. The quantitative estimate of drug-likeness (QED) is 0.713. The van der Waals surface area contributed by atoms with E-state index in [4.69, 9.17) is 16.3 Å². The molecule has 134 valence electrons. The molecule has 0 heterocycles. The van der Waals surface area contributed by atoms with Crippen LogP contribution in [0.25, 0.3) is 0 Å². The van der Waals surface area contributed by atoms with E-state index in [0.717, 1.165) is 5.56 Å². The molecule has 2 aromatic carbocycles. The predicted octanol–water partition coefficient (Wildman–Crippen LogP) is 3.08. The van der Waals surface area contributed by atoms with Crippen molar-refractivity contribution >= 4 is 27.3 Å². The number of amides is 1. The van der Waals surface area contributed by atoms with Gasteiger partial charge < -0.3 is 10.1 Å². The highest BCUT2D eigenvalue weighted by Gasteiger charge is 2.12. The lowest BCUT2D eigenvalue weighted by Crippen LogP contribution is -2.26. The van der Waals surface area contributed by atoms with Crippen LogP contribution in [0.15, 0.2) is 48.5 Å². The topological polar surface area (TPSA) is 72.5 Å². The van der Waals surface area contributed by atoms with Crippen molar-refractivity contribution in [2.75, 3.05) is 18.6 Å². The third-order valence-electron chi connectivity index (χ3n) is 3.42. The van der Waals surface area contributed by atoms with Crippen LogP contribution in [-0.4, -0.2) is 32.9 Å². The van der Waals surface area contributed by atoms with Gasteiger partial charge in [-0.2, -0.15) is 0 Å². The molecular weight excluding hydrogens is 362 g/mol. The molecule has 0 aliphatic rings. The minimum absolute atomic E-state index is 0.0436. The second-order valence-electron chi connectivity index (χ2n) is 5.65. The Morgan fingerprint density at radius 3 is 2.48 bits per heavy atom. The molecule has 1 amide bonds. The minimum Gasteiger partial charge on any atom is -0.488 e. The fraction of sp³-hybridized carbons (Fsp3) is 0.278. The number of ether oxygens (including phenoxy) is 1. The van der Waals surface area contributed by atoms with Gasteiger partial charge in [-0.1, -0.05) is 35.9 Å². The fourth-order valence-corrected chi connectivity index (χ4v) is 2.95. The summed E-state index contributed by atoms with van der Waals surface area (Å²) in [5.74, 6) is 0.223. The van der Waals surface area contributed by atoms with E-state index in [1.54, 1.807) is 36.4 Å². The minimum atomic E-state index is -3.02. The lowest BCUT2D eigenvalue weighted by Gasteiger charge is -2.12. The van der Waals surface area contributed by atoms with E-state index in [-0.39, 0.29) is 18.2 Å². The summed E-state index contributed by atoms with van der Waals surface area (Å²) in [7, 11) is -3.02. The van der Waals surface area contributed by atoms with Gasteiger partial charge in [-0.3, -0.25) is 4.79 Å². The molecule has 0 unspecified atom stereocenters. The zero-order valence-corrected chi connectivity index (χ0v) is 15.4. The van der Waals surface area contributed by atoms with Crippen LogP contribution in [0.1, 0.15) is 22.3 Å². The number of para-hydroxylation sites is 1. The number of sulfone groups is 1. The summed E-state index contributed by atoms with van der Waals surface area (Å²) < 4.78 is 27.9. The van der Waals surface area contributed by atoms with Gasteiger partial charge in [0, 0.05) is 17.8 Å². The van der Waals surface area contributed by atoms with E-state index in [0.29, 0.717) is 29.4 Å². The molecule has 7 heteroatoms. The Kier molecular flexibility index (Phi) is 6.84. The second-order valence-corrected chi connectivity index (χ2v) is 8.35. The summed E-state index contributed by atoms with van der Waals surface area (Å²) in [5.41, 5.74) is 1.35. The summed E-state index contributed by atoms with van der Waals surface area (Å²) in [6.45, 7) is 0.604. The van der Waals surface area contributed by atoms with E-state index in [1.807, 2.05) is 12.1 Å². The van der Waals surface area contributed by atoms with Crippen molar-refractivity contribution < 1.29 is 17.9 Å². The molecule has 0 aromatic heterocycles. The Morgan fingerprint density at radius 2 is 1.80 bits per heavy atom. The van der Waals surface area contributed by atoms with Gasteiger partial charge in [0.1, 0.15) is 22.2 Å². The molecule has 0 aliphatic heterocycles. The van der Waals surface area contributed by atoms with Crippen LogP contribution in [0.5, 0.6) is 5.75 Å². The van der Waals surface area contributed by atoms with Crippen molar-refractivity contribution in [1.29, 1.82) is 0 Å². The van der Waals surface area contributed by atoms with Crippen molar-refractivity contribution in [3.05, 3.63) is 64.7 Å². The maximum Gasteiger partial charge on any atom is 0.255 e. The van der Waals surface area contributed by atoms with Gasteiger partial charge >= 0.3 is 0 Å². The molecular formula is C18H20ClNO4S. The molecule has 0 bridgehead atoms. The number of nitrogens with one attached hydrogen (secondary N) is 1. The average molecular weight is 382 g/mol. The van der Waals surface area contributed by atoms with Crippen LogP contribution in [0.3, 0.4) is 0 Å².